The molecule has 10 heavy (non-hydrogen) atoms. The van der Waals surface area contributed by atoms with E-state index in [9.17, 15) is 0 Å². The molecular formula is C7H8BrNS. The Balaban J connectivity index is 2.71. The van der Waals surface area contributed by atoms with Crippen molar-refractivity contribution in [3.05, 3.63) is 22.2 Å². The highest BCUT2D eigenvalue weighted by atomic mass is 79.9. The summed E-state index contributed by atoms with van der Waals surface area (Å²) < 4.78 is 0. The van der Waals surface area contributed by atoms with Gasteiger partial charge in [-0.1, -0.05) is 21.5 Å². The number of thiazole rings is 1. The van der Waals surface area contributed by atoms with Gasteiger partial charge in [0.2, 0.25) is 0 Å². The SMILES string of the molecule is CC(=Cc1cscn1)CBr. The van der Waals surface area contributed by atoms with Crippen LogP contribution in [0.15, 0.2) is 16.5 Å². The van der Waals surface area contributed by atoms with Crippen LogP contribution < -0.4 is 0 Å². The van der Waals surface area contributed by atoms with Gasteiger partial charge in [-0.15, -0.1) is 11.3 Å². The van der Waals surface area contributed by atoms with E-state index in [-0.39, 0.29) is 0 Å². The zero-order valence-corrected chi connectivity index (χ0v) is 8.08. The van der Waals surface area contributed by atoms with Gasteiger partial charge in [-0.3, -0.25) is 0 Å². The summed E-state index contributed by atoms with van der Waals surface area (Å²) in [6.07, 6.45) is 2.07. The largest absolute Gasteiger partial charge is 0.245 e. The van der Waals surface area contributed by atoms with Gasteiger partial charge >= 0.3 is 0 Å². The molecule has 0 bridgehead atoms. The van der Waals surface area contributed by atoms with E-state index in [1.165, 1.54) is 5.57 Å². The minimum Gasteiger partial charge on any atom is -0.245 e. The molecule has 0 aliphatic rings. The molecule has 0 fully saturated rings. The number of hydrogen-bond donors (Lipinski definition) is 0. The van der Waals surface area contributed by atoms with E-state index in [1.54, 1.807) is 11.3 Å². The third-order valence-electron chi connectivity index (χ3n) is 1.06. The Kier molecular flexibility index (Phi) is 3.09. The van der Waals surface area contributed by atoms with E-state index < -0.39 is 0 Å². The van der Waals surface area contributed by atoms with Gasteiger partial charge in [0.1, 0.15) is 0 Å². The van der Waals surface area contributed by atoms with Crippen molar-refractivity contribution in [3.63, 3.8) is 0 Å². The Morgan fingerprint density at radius 2 is 2.70 bits per heavy atom. The van der Waals surface area contributed by atoms with Gasteiger partial charge in [0.05, 0.1) is 11.2 Å². The number of hydrogen-bond acceptors (Lipinski definition) is 2. The molecule has 0 aromatic carbocycles. The van der Waals surface area contributed by atoms with Gasteiger partial charge in [-0.05, 0) is 13.0 Å². The van der Waals surface area contributed by atoms with Gasteiger partial charge in [0, 0.05) is 10.7 Å². The summed E-state index contributed by atoms with van der Waals surface area (Å²) in [5.41, 5.74) is 4.20. The minimum atomic E-state index is 0.921. The standard InChI is InChI=1S/C7H8BrNS/c1-6(3-8)2-7-4-10-5-9-7/h2,4-5H,3H2,1H3. The first kappa shape index (κ1) is 7.95. The predicted octanol–water partition coefficient (Wildman–Crippen LogP) is 2.94. The van der Waals surface area contributed by atoms with Crippen molar-refractivity contribution < 1.29 is 0 Å². The van der Waals surface area contributed by atoms with Crippen LogP contribution in [0.4, 0.5) is 0 Å². The van der Waals surface area contributed by atoms with Crippen molar-refractivity contribution in [1.82, 2.24) is 4.98 Å². The fourth-order valence-corrected chi connectivity index (χ4v) is 1.26. The number of rotatable bonds is 2. The summed E-state index contributed by atoms with van der Waals surface area (Å²) in [5.74, 6) is 0. The molecule has 1 nitrogen and oxygen atoms in total. The lowest BCUT2D eigenvalue weighted by molar-refractivity contribution is 1.36. The first-order valence-electron chi connectivity index (χ1n) is 2.94. The average molecular weight is 218 g/mol. The zero-order valence-electron chi connectivity index (χ0n) is 5.67. The lowest BCUT2D eigenvalue weighted by Crippen LogP contribution is -1.76. The maximum atomic E-state index is 4.13. The highest BCUT2D eigenvalue weighted by Gasteiger charge is 1.89. The summed E-state index contributed by atoms with van der Waals surface area (Å²) in [6.45, 7) is 2.08. The third kappa shape index (κ3) is 2.23. The van der Waals surface area contributed by atoms with Crippen LogP contribution in [0.1, 0.15) is 12.6 Å². The molecule has 0 radical (unpaired) electrons. The number of alkyl halides is 1. The molecule has 54 valence electrons. The summed E-state index contributed by atoms with van der Waals surface area (Å²) in [5, 5.41) is 2.96. The van der Waals surface area contributed by atoms with Crippen LogP contribution in [-0.4, -0.2) is 10.3 Å². The van der Waals surface area contributed by atoms with E-state index in [0.29, 0.717) is 0 Å². The quantitative estimate of drug-likeness (QED) is 0.695. The highest BCUT2D eigenvalue weighted by molar-refractivity contribution is 9.09. The van der Waals surface area contributed by atoms with E-state index >= 15 is 0 Å². The van der Waals surface area contributed by atoms with Crippen molar-refractivity contribution in [2.45, 2.75) is 6.92 Å². The van der Waals surface area contributed by atoms with E-state index in [0.717, 1.165) is 11.0 Å². The van der Waals surface area contributed by atoms with Crippen molar-refractivity contribution >= 4 is 33.3 Å². The molecule has 0 N–H and O–H groups in total. The smallest absolute Gasteiger partial charge is 0.0798 e. The average Bonchev–Trinajstić information content (AvgIpc) is 2.40. The normalized spacial score (nSPS) is 12.0. The summed E-state index contributed by atoms with van der Waals surface area (Å²) in [4.78, 5) is 4.13. The molecule has 0 saturated heterocycles. The molecule has 3 heteroatoms. The maximum absolute atomic E-state index is 4.13. The summed E-state index contributed by atoms with van der Waals surface area (Å²) in [6, 6.07) is 0. The molecule has 1 aromatic rings. The fraction of sp³-hybridized carbons (Fsp3) is 0.286. The highest BCUT2D eigenvalue weighted by Crippen LogP contribution is 2.08. The van der Waals surface area contributed by atoms with Crippen molar-refractivity contribution in [1.29, 1.82) is 0 Å². The van der Waals surface area contributed by atoms with Crippen LogP contribution in [0.3, 0.4) is 0 Å². The molecule has 0 amide bonds. The van der Waals surface area contributed by atoms with Crippen LogP contribution in [0.5, 0.6) is 0 Å². The molecular weight excluding hydrogens is 210 g/mol. The fourth-order valence-electron chi connectivity index (χ4n) is 0.584. The lowest BCUT2D eigenvalue weighted by atomic mass is 10.3. The zero-order chi connectivity index (χ0) is 7.40. The molecule has 1 heterocycles. The van der Waals surface area contributed by atoms with Crippen LogP contribution in [0, 0.1) is 0 Å². The predicted molar refractivity (Wildman–Crippen MR) is 49.6 cm³/mol. The second-order valence-electron chi connectivity index (χ2n) is 2.04. The van der Waals surface area contributed by atoms with Crippen molar-refractivity contribution in [2.75, 3.05) is 5.33 Å². The molecule has 1 aromatic heterocycles. The van der Waals surface area contributed by atoms with Gasteiger partial charge in [0.25, 0.3) is 0 Å². The van der Waals surface area contributed by atoms with Gasteiger partial charge in [-0.2, -0.15) is 0 Å². The second-order valence-corrected chi connectivity index (χ2v) is 3.32. The monoisotopic (exact) mass is 217 g/mol. The van der Waals surface area contributed by atoms with Gasteiger partial charge in [0.15, 0.2) is 0 Å². The van der Waals surface area contributed by atoms with E-state index in [2.05, 4.69) is 33.9 Å². The molecule has 0 unspecified atom stereocenters. The Bertz CT molecular complexity index is 216. The second kappa shape index (κ2) is 3.88. The lowest BCUT2D eigenvalue weighted by Gasteiger charge is -1.88. The number of nitrogens with zero attached hydrogens (tertiary/aromatic N) is 1. The van der Waals surface area contributed by atoms with Crippen LogP contribution in [0.25, 0.3) is 6.08 Å². The first-order valence-corrected chi connectivity index (χ1v) is 5.00. The van der Waals surface area contributed by atoms with Gasteiger partial charge < -0.3 is 0 Å². The Morgan fingerprint density at radius 3 is 3.20 bits per heavy atom. The van der Waals surface area contributed by atoms with Crippen LogP contribution in [0.2, 0.25) is 0 Å². The summed E-state index contributed by atoms with van der Waals surface area (Å²) in [7, 11) is 0. The molecule has 0 aliphatic heterocycles. The topological polar surface area (TPSA) is 12.9 Å². The first-order chi connectivity index (χ1) is 4.83. The van der Waals surface area contributed by atoms with Crippen LogP contribution >= 0.6 is 27.3 Å². The number of aromatic nitrogens is 1. The molecule has 1 rings (SSSR count). The maximum Gasteiger partial charge on any atom is 0.0798 e. The number of halogens is 1. The third-order valence-corrected chi connectivity index (χ3v) is 2.55. The molecule has 0 atom stereocenters. The van der Waals surface area contributed by atoms with E-state index in [1.807, 2.05) is 10.9 Å². The summed E-state index contributed by atoms with van der Waals surface area (Å²) >= 11 is 4.99. The number of allylic oxidation sites excluding steroid dienone is 1. The molecule has 0 aliphatic carbocycles. The van der Waals surface area contributed by atoms with Gasteiger partial charge in [-0.25, -0.2) is 4.98 Å². The van der Waals surface area contributed by atoms with Crippen LogP contribution in [-0.2, 0) is 0 Å². The van der Waals surface area contributed by atoms with Crippen molar-refractivity contribution in [2.24, 2.45) is 0 Å². The van der Waals surface area contributed by atoms with Crippen molar-refractivity contribution in [3.8, 4) is 0 Å². The van der Waals surface area contributed by atoms with E-state index in [4.69, 9.17) is 0 Å². The minimum absolute atomic E-state index is 0.921. The Hall–Kier alpha value is -0.150. The Labute approximate surface area is 72.9 Å². The molecule has 0 spiro atoms. The Morgan fingerprint density at radius 1 is 1.90 bits per heavy atom. The molecule has 0 saturated carbocycles.